The summed E-state index contributed by atoms with van der Waals surface area (Å²) in [6.07, 6.45) is 1.03. The van der Waals surface area contributed by atoms with E-state index in [2.05, 4.69) is 52.2 Å². The third-order valence-electron chi connectivity index (χ3n) is 3.46. The molecule has 2 rings (SSSR count). The minimum absolute atomic E-state index is 0.198. The molecule has 2 unspecified atom stereocenters. The molecule has 0 spiro atoms. The van der Waals surface area contributed by atoms with Crippen LogP contribution < -0.4 is 5.32 Å². The Kier molecular flexibility index (Phi) is 5.31. The second-order valence-corrected chi connectivity index (χ2v) is 5.65. The van der Waals surface area contributed by atoms with Gasteiger partial charge in [-0.2, -0.15) is 4.98 Å². The van der Waals surface area contributed by atoms with Crippen LogP contribution in [0.15, 0.2) is 33.3 Å². The minimum Gasteiger partial charge on any atom is -0.339 e. The standard InChI is InChI=1S/C15H20BrN3O/c1-4-13(17-5-2)10(3)15-18-14(19-20-15)11-8-6-7-9-12(11)16/h6-10,13,17H,4-5H2,1-3H3. The largest absolute Gasteiger partial charge is 0.339 e. The molecule has 0 bridgehead atoms. The van der Waals surface area contributed by atoms with Gasteiger partial charge < -0.3 is 9.84 Å². The minimum atomic E-state index is 0.198. The molecule has 1 aromatic carbocycles. The Morgan fingerprint density at radius 3 is 2.70 bits per heavy atom. The van der Waals surface area contributed by atoms with Gasteiger partial charge in [-0.1, -0.05) is 54.0 Å². The predicted molar refractivity (Wildman–Crippen MR) is 83.6 cm³/mol. The van der Waals surface area contributed by atoms with E-state index >= 15 is 0 Å². The molecule has 4 nitrogen and oxygen atoms in total. The average molecular weight is 338 g/mol. The van der Waals surface area contributed by atoms with Crippen LogP contribution in [-0.4, -0.2) is 22.7 Å². The van der Waals surface area contributed by atoms with Crippen molar-refractivity contribution < 1.29 is 4.52 Å². The van der Waals surface area contributed by atoms with E-state index in [9.17, 15) is 0 Å². The molecular weight excluding hydrogens is 318 g/mol. The van der Waals surface area contributed by atoms with Crippen molar-refractivity contribution in [2.24, 2.45) is 0 Å². The predicted octanol–water partition coefficient (Wildman–Crippen LogP) is 3.99. The quantitative estimate of drug-likeness (QED) is 0.865. The lowest BCUT2D eigenvalue weighted by molar-refractivity contribution is 0.321. The maximum Gasteiger partial charge on any atom is 0.231 e. The molecule has 20 heavy (non-hydrogen) atoms. The van der Waals surface area contributed by atoms with Crippen molar-refractivity contribution in [1.29, 1.82) is 0 Å². The highest BCUT2D eigenvalue weighted by Crippen LogP contribution is 2.27. The van der Waals surface area contributed by atoms with Crippen LogP contribution in [0.4, 0.5) is 0 Å². The number of nitrogens with one attached hydrogen (secondary N) is 1. The maximum atomic E-state index is 5.44. The molecule has 0 aliphatic rings. The number of hydrogen-bond donors (Lipinski definition) is 1. The molecule has 1 heterocycles. The molecule has 0 aliphatic carbocycles. The van der Waals surface area contributed by atoms with Crippen LogP contribution in [0.2, 0.25) is 0 Å². The van der Waals surface area contributed by atoms with Crippen LogP contribution in [0.5, 0.6) is 0 Å². The smallest absolute Gasteiger partial charge is 0.231 e. The van der Waals surface area contributed by atoms with Crippen molar-refractivity contribution in [2.45, 2.75) is 39.2 Å². The molecule has 0 saturated heterocycles. The van der Waals surface area contributed by atoms with Gasteiger partial charge in [0.25, 0.3) is 0 Å². The van der Waals surface area contributed by atoms with Crippen molar-refractivity contribution in [3.8, 4) is 11.4 Å². The van der Waals surface area contributed by atoms with E-state index in [1.165, 1.54) is 0 Å². The van der Waals surface area contributed by atoms with E-state index in [1.807, 2.05) is 24.3 Å². The molecule has 0 radical (unpaired) electrons. The summed E-state index contributed by atoms with van der Waals surface area (Å²) in [6, 6.07) is 8.24. The maximum absolute atomic E-state index is 5.44. The molecular formula is C15H20BrN3O. The van der Waals surface area contributed by atoms with Gasteiger partial charge in [0.15, 0.2) is 0 Å². The second-order valence-electron chi connectivity index (χ2n) is 4.80. The highest BCUT2D eigenvalue weighted by Gasteiger charge is 2.22. The van der Waals surface area contributed by atoms with Gasteiger partial charge in [-0.15, -0.1) is 0 Å². The summed E-state index contributed by atoms with van der Waals surface area (Å²) >= 11 is 3.51. The van der Waals surface area contributed by atoms with Gasteiger partial charge in [-0.3, -0.25) is 0 Å². The zero-order valence-corrected chi connectivity index (χ0v) is 13.6. The monoisotopic (exact) mass is 337 g/mol. The van der Waals surface area contributed by atoms with Crippen LogP contribution in [0, 0.1) is 0 Å². The van der Waals surface area contributed by atoms with Gasteiger partial charge in [-0.25, -0.2) is 0 Å². The molecule has 0 fully saturated rings. The first-order chi connectivity index (χ1) is 9.67. The number of hydrogen-bond acceptors (Lipinski definition) is 4. The van der Waals surface area contributed by atoms with E-state index in [4.69, 9.17) is 4.52 Å². The number of rotatable bonds is 6. The third kappa shape index (κ3) is 3.27. The lowest BCUT2D eigenvalue weighted by Crippen LogP contribution is -2.33. The normalized spacial score (nSPS) is 14.2. The molecule has 2 aromatic rings. The summed E-state index contributed by atoms with van der Waals surface area (Å²) < 4.78 is 6.41. The van der Waals surface area contributed by atoms with Crippen LogP contribution in [0.1, 0.15) is 39.0 Å². The van der Waals surface area contributed by atoms with Gasteiger partial charge in [0.2, 0.25) is 11.7 Å². The Bertz CT molecular complexity index is 556. The number of likely N-dealkylation sites (N-methyl/N-ethyl adjacent to an activating group) is 1. The van der Waals surface area contributed by atoms with Gasteiger partial charge in [0.1, 0.15) is 0 Å². The van der Waals surface area contributed by atoms with Crippen LogP contribution >= 0.6 is 15.9 Å². The Morgan fingerprint density at radius 1 is 1.30 bits per heavy atom. The fourth-order valence-electron chi connectivity index (χ4n) is 2.28. The Balaban J connectivity index is 2.22. The summed E-state index contributed by atoms with van der Waals surface area (Å²) in [5.74, 6) is 1.51. The molecule has 0 aliphatic heterocycles. The van der Waals surface area contributed by atoms with Gasteiger partial charge in [0, 0.05) is 16.1 Å². The lowest BCUT2D eigenvalue weighted by Gasteiger charge is -2.20. The molecule has 0 amide bonds. The SMILES string of the molecule is CCNC(CC)C(C)c1nc(-c2ccccc2Br)no1. The Morgan fingerprint density at radius 2 is 2.05 bits per heavy atom. The Hall–Kier alpha value is -1.20. The fraction of sp³-hybridized carbons (Fsp3) is 0.467. The van der Waals surface area contributed by atoms with Crippen molar-refractivity contribution in [3.63, 3.8) is 0 Å². The number of halogens is 1. The molecule has 0 saturated carbocycles. The van der Waals surface area contributed by atoms with E-state index < -0.39 is 0 Å². The van der Waals surface area contributed by atoms with Crippen molar-refractivity contribution in [1.82, 2.24) is 15.5 Å². The first kappa shape index (κ1) is 15.2. The number of nitrogens with zero attached hydrogens (tertiary/aromatic N) is 2. The topological polar surface area (TPSA) is 51.0 Å². The third-order valence-corrected chi connectivity index (χ3v) is 4.15. The molecule has 5 heteroatoms. The number of aromatic nitrogens is 2. The summed E-state index contributed by atoms with van der Waals surface area (Å²) in [5.41, 5.74) is 0.950. The first-order valence-electron chi connectivity index (χ1n) is 6.99. The summed E-state index contributed by atoms with van der Waals surface area (Å²) in [5, 5.41) is 7.56. The highest BCUT2D eigenvalue weighted by atomic mass is 79.9. The van der Waals surface area contributed by atoms with Crippen LogP contribution in [0.3, 0.4) is 0 Å². The summed E-state index contributed by atoms with van der Waals surface area (Å²) in [6.45, 7) is 7.33. The summed E-state index contributed by atoms with van der Waals surface area (Å²) in [4.78, 5) is 4.54. The zero-order chi connectivity index (χ0) is 14.5. The Labute approximate surface area is 128 Å². The fourth-order valence-corrected chi connectivity index (χ4v) is 2.74. The van der Waals surface area contributed by atoms with Gasteiger partial charge >= 0.3 is 0 Å². The first-order valence-corrected chi connectivity index (χ1v) is 7.78. The average Bonchev–Trinajstić information content (AvgIpc) is 2.94. The lowest BCUT2D eigenvalue weighted by atomic mass is 9.99. The van der Waals surface area contributed by atoms with Crippen molar-refractivity contribution in [2.75, 3.05) is 6.54 Å². The van der Waals surface area contributed by atoms with E-state index in [1.54, 1.807) is 0 Å². The molecule has 1 N–H and O–H groups in total. The van der Waals surface area contributed by atoms with Crippen LogP contribution in [-0.2, 0) is 0 Å². The molecule has 2 atom stereocenters. The van der Waals surface area contributed by atoms with E-state index in [-0.39, 0.29) is 5.92 Å². The van der Waals surface area contributed by atoms with Gasteiger partial charge in [0.05, 0.1) is 5.92 Å². The number of benzene rings is 1. The van der Waals surface area contributed by atoms with E-state index in [0.717, 1.165) is 23.0 Å². The second kappa shape index (κ2) is 6.99. The van der Waals surface area contributed by atoms with Gasteiger partial charge in [-0.05, 0) is 25.1 Å². The molecule has 1 aromatic heterocycles. The zero-order valence-electron chi connectivity index (χ0n) is 12.1. The van der Waals surface area contributed by atoms with Crippen molar-refractivity contribution >= 4 is 15.9 Å². The van der Waals surface area contributed by atoms with Crippen molar-refractivity contribution in [3.05, 3.63) is 34.6 Å². The highest BCUT2D eigenvalue weighted by molar-refractivity contribution is 9.10. The van der Waals surface area contributed by atoms with Crippen LogP contribution in [0.25, 0.3) is 11.4 Å². The summed E-state index contributed by atoms with van der Waals surface area (Å²) in [7, 11) is 0. The molecule has 108 valence electrons. The van der Waals surface area contributed by atoms with E-state index in [0.29, 0.717) is 17.8 Å².